The van der Waals surface area contributed by atoms with Crippen molar-refractivity contribution in [3.8, 4) is 11.4 Å². The summed E-state index contributed by atoms with van der Waals surface area (Å²) >= 11 is 7.37. The Morgan fingerprint density at radius 2 is 1.96 bits per heavy atom. The number of carbonyl (C=O) groups excluding carboxylic acids is 2. The van der Waals surface area contributed by atoms with E-state index < -0.39 is 0 Å². The van der Waals surface area contributed by atoms with Crippen LogP contribution in [0.1, 0.15) is 30.1 Å². The molecular formula is C20H18ClN3O3S. The van der Waals surface area contributed by atoms with Gasteiger partial charge < -0.3 is 9.84 Å². The molecule has 3 aromatic rings. The maximum absolute atomic E-state index is 12.3. The van der Waals surface area contributed by atoms with E-state index in [-0.39, 0.29) is 16.9 Å². The van der Waals surface area contributed by atoms with Crippen LogP contribution in [0.2, 0.25) is 5.02 Å². The number of hydrogen-bond acceptors (Lipinski definition) is 6. The minimum Gasteiger partial charge on any atom is -0.338 e. The third-order valence-electron chi connectivity index (χ3n) is 3.94. The van der Waals surface area contributed by atoms with Gasteiger partial charge in [0.2, 0.25) is 17.6 Å². The molecule has 0 aliphatic heterocycles. The molecule has 0 spiro atoms. The highest BCUT2D eigenvalue weighted by molar-refractivity contribution is 7.99. The third kappa shape index (κ3) is 5.21. The number of aromatic nitrogens is 2. The Bertz CT molecular complexity index is 988. The lowest BCUT2D eigenvalue weighted by Crippen LogP contribution is -2.22. The number of anilines is 1. The van der Waals surface area contributed by atoms with Gasteiger partial charge in [0.05, 0.1) is 11.0 Å². The largest absolute Gasteiger partial charge is 0.338 e. The molecule has 0 saturated carbocycles. The number of halogens is 1. The van der Waals surface area contributed by atoms with Gasteiger partial charge in [0.15, 0.2) is 5.78 Å². The molecule has 1 aromatic heterocycles. The van der Waals surface area contributed by atoms with Crippen LogP contribution in [-0.2, 0) is 10.5 Å². The van der Waals surface area contributed by atoms with E-state index >= 15 is 0 Å². The van der Waals surface area contributed by atoms with Crippen LogP contribution >= 0.6 is 23.4 Å². The summed E-state index contributed by atoms with van der Waals surface area (Å²) in [5, 5.41) is 7.06. The van der Waals surface area contributed by atoms with Gasteiger partial charge in [0.25, 0.3) is 0 Å². The smallest absolute Gasteiger partial charge is 0.237 e. The molecule has 0 aliphatic rings. The zero-order valence-electron chi connectivity index (χ0n) is 15.3. The fraction of sp³-hybridized carbons (Fsp3) is 0.200. The second-order valence-electron chi connectivity index (χ2n) is 6.10. The van der Waals surface area contributed by atoms with Gasteiger partial charge in [0.1, 0.15) is 0 Å². The predicted molar refractivity (Wildman–Crippen MR) is 111 cm³/mol. The van der Waals surface area contributed by atoms with Gasteiger partial charge in [-0.1, -0.05) is 28.9 Å². The SMILES string of the molecule is CC(=O)c1ccc(NC(=O)[C@@H](C)SCc2nc(-c3cccc(Cl)c3)no2)cc1. The number of Topliss-reactive ketones (excluding diaryl/α,β-unsaturated/α-hetero) is 1. The fourth-order valence-corrected chi connectivity index (χ4v) is 3.27. The number of carbonyl (C=O) groups is 2. The molecule has 0 unspecified atom stereocenters. The predicted octanol–water partition coefficient (Wildman–Crippen LogP) is 4.85. The van der Waals surface area contributed by atoms with Gasteiger partial charge in [-0.3, -0.25) is 9.59 Å². The number of ketones is 1. The van der Waals surface area contributed by atoms with Crippen molar-refractivity contribution in [3.63, 3.8) is 0 Å². The number of hydrogen-bond donors (Lipinski definition) is 1. The summed E-state index contributed by atoms with van der Waals surface area (Å²) in [6.07, 6.45) is 0. The zero-order valence-corrected chi connectivity index (χ0v) is 16.9. The highest BCUT2D eigenvalue weighted by atomic mass is 35.5. The minimum absolute atomic E-state index is 0.0153. The van der Waals surface area contributed by atoms with Crippen LogP contribution in [0.4, 0.5) is 5.69 Å². The first-order valence-corrected chi connectivity index (χ1v) is 9.97. The van der Waals surface area contributed by atoms with Crippen LogP contribution < -0.4 is 5.32 Å². The Morgan fingerprint density at radius 1 is 1.21 bits per heavy atom. The van der Waals surface area contributed by atoms with E-state index in [1.807, 2.05) is 12.1 Å². The van der Waals surface area contributed by atoms with Crippen molar-refractivity contribution in [3.05, 3.63) is 65.0 Å². The van der Waals surface area contributed by atoms with Crippen molar-refractivity contribution in [2.45, 2.75) is 24.9 Å². The highest BCUT2D eigenvalue weighted by Crippen LogP contribution is 2.23. The van der Waals surface area contributed by atoms with Crippen LogP contribution in [0.15, 0.2) is 53.1 Å². The molecule has 8 heteroatoms. The second kappa shape index (κ2) is 9.03. The molecule has 3 rings (SSSR count). The van der Waals surface area contributed by atoms with E-state index in [1.54, 1.807) is 43.3 Å². The molecule has 144 valence electrons. The van der Waals surface area contributed by atoms with Gasteiger partial charge in [-0.15, -0.1) is 11.8 Å². The van der Waals surface area contributed by atoms with Crippen LogP contribution in [0, 0.1) is 0 Å². The Balaban J connectivity index is 1.54. The van der Waals surface area contributed by atoms with Gasteiger partial charge in [-0.25, -0.2) is 0 Å². The van der Waals surface area contributed by atoms with Gasteiger partial charge >= 0.3 is 0 Å². The number of nitrogens with one attached hydrogen (secondary N) is 1. The van der Waals surface area contributed by atoms with Gasteiger partial charge in [-0.2, -0.15) is 4.98 Å². The molecule has 1 amide bonds. The summed E-state index contributed by atoms with van der Waals surface area (Å²) < 4.78 is 5.25. The van der Waals surface area contributed by atoms with Crippen LogP contribution in [0.3, 0.4) is 0 Å². The van der Waals surface area contributed by atoms with Crippen molar-refractivity contribution in [2.75, 3.05) is 5.32 Å². The first kappa shape index (κ1) is 20.1. The Labute approximate surface area is 171 Å². The Kier molecular flexibility index (Phi) is 6.49. The van der Waals surface area contributed by atoms with Crippen molar-refractivity contribution >= 4 is 40.7 Å². The van der Waals surface area contributed by atoms with E-state index in [9.17, 15) is 9.59 Å². The quantitative estimate of drug-likeness (QED) is 0.555. The third-order valence-corrected chi connectivity index (χ3v) is 5.30. The Hall–Kier alpha value is -2.64. The van der Waals surface area contributed by atoms with Crippen LogP contribution in [0.25, 0.3) is 11.4 Å². The summed E-state index contributed by atoms with van der Waals surface area (Å²) in [4.78, 5) is 28.0. The van der Waals surface area contributed by atoms with Crippen molar-refractivity contribution in [1.29, 1.82) is 0 Å². The van der Waals surface area contributed by atoms with E-state index in [1.165, 1.54) is 18.7 Å². The van der Waals surface area contributed by atoms with Crippen LogP contribution in [-0.4, -0.2) is 27.1 Å². The van der Waals surface area contributed by atoms with Crippen molar-refractivity contribution in [2.24, 2.45) is 0 Å². The monoisotopic (exact) mass is 415 g/mol. The van der Waals surface area contributed by atoms with E-state index in [0.717, 1.165) is 5.56 Å². The standard InChI is InChI=1S/C20H18ClN3O3S/c1-12(25)14-6-8-17(9-7-14)22-20(26)13(2)28-11-18-23-19(24-27-18)15-4-3-5-16(21)10-15/h3-10,13H,11H2,1-2H3,(H,22,26)/t13-/m1/s1. The average Bonchev–Trinajstić information content (AvgIpc) is 3.15. The maximum Gasteiger partial charge on any atom is 0.237 e. The molecule has 1 heterocycles. The Morgan fingerprint density at radius 3 is 2.64 bits per heavy atom. The van der Waals surface area contributed by atoms with Gasteiger partial charge in [-0.05, 0) is 50.2 Å². The average molecular weight is 416 g/mol. The molecule has 0 saturated heterocycles. The molecule has 6 nitrogen and oxygen atoms in total. The zero-order chi connectivity index (χ0) is 20.1. The fourth-order valence-electron chi connectivity index (χ4n) is 2.36. The van der Waals surface area contributed by atoms with Crippen molar-refractivity contribution in [1.82, 2.24) is 10.1 Å². The molecular weight excluding hydrogens is 398 g/mol. The molecule has 28 heavy (non-hydrogen) atoms. The first-order valence-electron chi connectivity index (χ1n) is 8.54. The molecule has 0 aliphatic carbocycles. The number of benzene rings is 2. The summed E-state index contributed by atoms with van der Waals surface area (Å²) in [6, 6.07) is 14.0. The van der Waals surface area contributed by atoms with E-state index in [0.29, 0.717) is 33.7 Å². The highest BCUT2D eigenvalue weighted by Gasteiger charge is 2.16. The molecule has 0 radical (unpaired) electrons. The number of amides is 1. The molecule has 1 N–H and O–H groups in total. The second-order valence-corrected chi connectivity index (χ2v) is 7.86. The lowest BCUT2D eigenvalue weighted by molar-refractivity contribution is -0.115. The number of nitrogens with zero attached hydrogens (tertiary/aromatic N) is 2. The normalized spacial score (nSPS) is 11.8. The lowest BCUT2D eigenvalue weighted by atomic mass is 10.1. The summed E-state index contributed by atoms with van der Waals surface area (Å²) in [7, 11) is 0. The summed E-state index contributed by atoms with van der Waals surface area (Å²) in [6.45, 7) is 3.31. The lowest BCUT2D eigenvalue weighted by Gasteiger charge is -2.11. The maximum atomic E-state index is 12.3. The minimum atomic E-state index is -0.325. The summed E-state index contributed by atoms with van der Waals surface area (Å²) in [5.41, 5.74) is 2.02. The molecule has 2 aromatic carbocycles. The molecule has 0 bridgehead atoms. The van der Waals surface area contributed by atoms with Gasteiger partial charge in [0, 0.05) is 21.8 Å². The summed E-state index contributed by atoms with van der Waals surface area (Å²) in [5.74, 6) is 1.14. The van der Waals surface area contributed by atoms with E-state index in [2.05, 4.69) is 15.5 Å². The van der Waals surface area contributed by atoms with E-state index in [4.69, 9.17) is 16.1 Å². The molecule has 1 atom stereocenters. The number of thioether (sulfide) groups is 1. The van der Waals surface area contributed by atoms with Crippen molar-refractivity contribution < 1.29 is 14.1 Å². The first-order chi connectivity index (χ1) is 13.4. The topological polar surface area (TPSA) is 85.1 Å². The van der Waals surface area contributed by atoms with Crippen LogP contribution in [0.5, 0.6) is 0 Å². The molecule has 0 fully saturated rings. The number of rotatable bonds is 7.